The van der Waals surface area contributed by atoms with Crippen molar-refractivity contribution in [3.05, 3.63) is 12.2 Å². The van der Waals surface area contributed by atoms with E-state index in [1.54, 1.807) is 7.11 Å². The molecule has 162 valence electrons. The minimum Gasteiger partial charge on any atom is -0.457 e. The fourth-order valence-electron chi connectivity index (χ4n) is 7.75. The van der Waals surface area contributed by atoms with Gasteiger partial charge in [0.15, 0.2) is 12.6 Å². The van der Waals surface area contributed by atoms with Gasteiger partial charge in [0.2, 0.25) is 0 Å². The number of hydrogen-bond donors (Lipinski definition) is 1. The predicted molar refractivity (Wildman–Crippen MR) is 105 cm³/mol. The van der Waals surface area contributed by atoms with Gasteiger partial charge in [-0.2, -0.15) is 0 Å². The molecule has 4 aliphatic rings. The Morgan fingerprint density at radius 1 is 1.31 bits per heavy atom. The highest BCUT2D eigenvalue weighted by atomic mass is 16.7. The Morgan fingerprint density at radius 2 is 2.03 bits per heavy atom. The van der Waals surface area contributed by atoms with Crippen LogP contribution in [0.25, 0.3) is 0 Å². The normalized spacial score (nSPS) is 48.2. The van der Waals surface area contributed by atoms with Crippen LogP contribution in [0.4, 0.5) is 0 Å². The lowest BCUT2D eigenvalue weighted by Crippen LogP contribution is -2.59. The molecule has 1 saturated heterocycles. The Balaban J connectivity index is 1.87. The molecule has 6 nitrogen and oxygen atoms in total. The van der Waals surface area contributed by atoms with Gasteiger partial charge in [0.1, 0.15) is 12.4 Å². The number of hydrogen-bond acceptors (Lipinski definition) is 6. The average molecular weight is 407 g/mol. The van der Waals surface area contributed by atoms with Crippen LogP contribution in [0.3, 0.4) is 0 Å². The van der Waals surface area contributed by atoms with Crippen molar-refractivity contribution < 1.29 is 28.9 Å². The Labute approximate surface area is 173 Å². The quantitative estimate of drug-likeness (QED) is 0.439. The van der Waals surface area contributed by atoms with Crippen molar-refractivity contribution in [1.29, 1.82) is 0 Å². The smallest absolute Gasteiger partial charge is 0.303 e. The molecule has 1 unspecified atom stereocenters. The second-order valence-corrected chi connectivity index (χ2v) is 10.4. The van der Waals surface area contributed by atoms with E-state index in [0.717, 1.165) is 44.0 Å². The summed E-state index contributed by atoms with van der Waals surface area (Å²) in [5, 5.41) is 11.0. The summed E-state index contributed by atoms with van der Waals surface area (Å²) >= 11 is 0. The molecular weight excluding hydrogens is 372 g/mol. The van der Waals surface area contributed by atoms with Crippen LogP contribution in [-0.2, 0) is 23.8 Å². The summed E-state index contributed by atoms with van der Waals surface area (Å²) in [6.45, 7) is 9.95. The number of aldehydes is 1. The van der Waals surface area contributed by atoms with Crippen LogP contribution in [-0.4, -0.2) is 43.2 Å². The van der Waals surface area contributed by atoms with E-state index in [9.17, 15) is 14.7 Å². The highest BCUT2D eigenvalue weighted by Gasteiger charge is 2.72. The van der Waals surface area contributed by atoms with Gasteiger partial charge in [-0.25, -0.2) is 0 Å². The second kappa shape index (κ2) is 6.89. The van der Waals surface area contributed by atoms with Gasteiger partial charge in [-0.1, -0.05) is 26.8 Å². The van der Waals surface area contributed by atoms with Crippen molar-refractivity contribution in [1.82, 2.24) is 0 Å². The molecule has 4 rings (SSSR count). The monoisotopic (exact) mass is 406 g/mol. The highest BCUT2D eigenvalue weighted by molar-refractivity contribution is 5.70. The molecule has 29 heavy (non-hydrogen) atoms. The van der Waals surface area contributed by atoms with E-state index in [1.807, 2.05) is 0 Å². The maximum atomic E-state index is 12.8. The Hall–Kier alpha value is -1.24. The van der Waals surface area contributed by atoms with E-state index in [1.165, 1.54) is 6.92 Å². The first-order valence-electron chi connectivity index (χ1n) is 10.8. The van der Waals surface area contributed by atoms with Crippen LogP contribution in [0.15, 0.2) is 12.2 Å². The van der Waals surface area contributed by atoms with Crippen LogP contribution >= 0.6 is 0 Å². The minimum atomic E-state index is -0.937. The van der Waals surface area contributed by atoms with Crippen LogP contribution in [0.2, 0.25) is 0 Å². The molecular formula is C23H34O6. The van der Waals surface area contributed by atoms with E-state index in [-0.39, 0.29) is 23.2 Å². The first-order chi connectivity index (χ1) is 13.6. The standard InChI is InChI=1S/C23H34O6/c1-13-15-7-8-16(22(11-15,12-24)18(13)28-14(2)25)23-10-6-9-21(3,4)17(23)19(26)29-20(23)27-5/h12,15-20,26H,1,6-11H2,2-5H3/t15-,16-,17-,18+,19+,20?,22+,23-/m1/s1. The molecule has 8 atom stereocenters. The minimum absolute atomic E-state index is 0.112. The van der Waals surface area contributed by atoms with E-state index < -0.39 is 35.5 Å². The summed E-state index contributed by atoms with van der Waals surface area (Å²) in [5.41, 5.74) is -0.656. The topological polar surface area (TPSA) is 82.1 Å². The average Bonchev–Trinajstić information content (AvgIpc) is 3.07. The lowest BCUT2D eigenvalue weighted by atomic mass is 9.46. The van der Waals surface area contributed by atoms with Gasteiger partial charge in [-0.15, -0.1) is 0 Å². The van der Waals surface area contributed by atoms with E-state index in [0.29, 0.717) is 6.42 Å². The highest BCUT2D eigenvalue weighted by Crippen LogP contribution is 2.70. The number of esters is 1. The number of fused-ring (bicyclic) bond motifs is 3. The summed E-state index contributed by atoms with van der Waals surface area (Å²) in [4.78, 5) is 24.7. The fourth-order valence-corrected chi connectivity index (χ4v) is 7.75. The fraction of sp³-hybridized carbons (Fsp3) is 0.826. The maximum absolute atomic E-state index is 12.8. The molecule has 3 saturated carbocycles. The summed E-state index contributed by atoms with van der Waals surface area (Å²) < 4.78 is 17.5. The number of carbonyl (C=O) groups excluding carboxylic acids is 2. The number of carbonyl (C=O) groups is 2. The molecule has 1 aliphatic heterocycles. The van der Waals surface area contributed by atoms with Crippen molar-refractivity contribution in [3.8, 4) is 0 Å². The van der Waals surface area contributed by atoms with Gasteiger partial charge in [0.05, 0.1) is 5.41 Å². The molecule has 1 N–H and O–H groups in total. The van der Waals surface area contributed by atoms with Gasteiger partial charge < -0.3 is 24.1 Å². The van der Waals surface area contributed by atoms with Crippen molar-refractivity contribution in [2.45, 2.75) is 78.0 Å². The van der Waals surface area contributed by atoms with Gasteiger partial charge in [0, 0.05) is 25.4 Å². The lowest BCUT2D eigenvalue weighted by molar-refractivity contribution is -0.219. The van der Waals surface area contributed by atoms with Crippen molar-refractivity contribution in [2.24, 2.45) is 34.0 Å². The van der Waals surface area contributed by atoms with Gasteiger partial charge >= 0.3 is 5.97 Å². The van der Waals surface area contributed by atoms with Crippen molar-refractivity contribution in [2.75, 3.05) is 7.11 Å². The number of methoxy groups -OCH3 is 1. The van der Waals surface area contributed by atoms with E-state index >= 15 is 0 Å². The largest absolute Gasteiger partial charge is 0.457 e. The molecule has 0 spiro atoms. The Bertz CT molecular complexity index is 716. The molecule has 0 radical (unpaired) electrons. The van der Waals surface area contributed by atoms with Crippen molar-refractivity contribution in [3.63, 3.8) is 0 Å². The molecule has 0 aromatic heterocycles. The van der Waals surface area contributed by atoms with E-state index in [4.69, 9.17) is 14.2 Å². The zero-order valence-electron chi connectivity index (χ0n) is 18.0. The molecule has 0 amide bonds. The molecule has 6 heteroatoms. The van der Waals surface area contributed by atoms with Crippen molar-refractivity contribution >= 4 is 12.3 Å². The number of rotatable bonds is 4. The Morgan fingerprint density at radius 3 is 2.66 bits per heavy atom. The molecule has 3 aliphatic carbocycles. The first-order valence-corrected chi connectivity index (χ1v) is 10.8. The lowest BCUT2D eigenvalue weighted by Gasteiger charge is -2.57. The molecule has 0 aromatic rings. The van der Waals surface area contributed by atoms with Gasteiger partial charge in [0.25, 0.3) is 0 Å². The second-order valence-electron chi connectivity index (χ2n) is 10.4. The zero-order valence-corrected chi connectivity index (χ0v) is 18.0. The Kier molecular flexibility index (Phi) is 4.99. The third-order valence-electron chi connectivity index (χ3n) is 8.61. The summed E-state index contributed by atoms with van der Waals surface area (Å²) in [6.07, 6.45) is 4.00. The van der Waals surface area contributed by atoms with Gasteiger partial charge in [-0.3, -0.25) is 4.79 Å². The number of aliphatic hydroxyl groups excluding tert-OH is 1. The SMILES string of the molecule is C=C1[C@@H]2CC[C@@H]([C@]34CCCC(C)(C)[C@H]3[C@@H](O)OC4OC)[C@@](C=O)(C2)[C@H]1OC(C)=O. The van der Waals surface area contributed by atoms with Crippen LogP contribution in [0, 0.1) is 34.0 Å². The van der Waals surface area contributed by atoms with Crippen LogP contribution in [0.1, 0.15) is 59.3 Å². The van der Waals surface area contributed by atoms with Gasteiger partial charge in [-0.05, 0) is 54.9 Å². The first kappa shape index (κ1) is 21.0. The number of ether oxygens (including phenoxy) is 3. The summed E-state index contributed by atoms with van der Waals surface area (Å²) in [5.74, 6) is -0.480. The summed E-state index contributed by atoms with van der Waals surface area (Å²) in [6, 6.07) is 0. The third kappa shape index (κ3) is 2.71. The predicted octanol–water partition coefficient (Wildman–Crippen LogP) is 3.22. The molecule has 4 fully saturated rings. The molecule has 0 aromatic carbocycles. The third-order valence-corrected chi connectivity index (χ3v) is 8.61. The van der Waals surface area contributed by atoms with E-state index in [2.05, 4.69) is 20.4 Å². The van der Waals surface area contributed by atoms with Crippen LogP contribution < -0.4 is 0 Å². The zero-order chi connectivity index (χ0) is 21.2. The molecule has 2 bridgehead atoms. The van der Waals surface area contributed by atoms with Crippen LogP contribution in [0.5, 0.6) is 0 Å². The summed E-state index contributed by atoms with van der Waals surface area (Å²) in [7, 11) is 1.61. The molecule has 1 heterocycles. The number of aliphatic hydroxyl groups is 1. The maximum Gasteiger partial charge on any atom is 0.303 e.